The van der Waals surface area contributed by atoms with Gasteiger partial charge < -0.3 is 0 Å². The smallest absolute Gasteiger partial charge is 0.255 e. The van der Waals surface area contributed by atoms with Gasteiger partial charge in [0.25, 0.3) is 17.7 Å². The van der Waals surface area contributed by atoms with Crippen LogP contribution in [-0.2, 0) is 77.5 Å². The zero-order chi connectivity index (χ0) is 68.6. The standard InChI is InChI=1S/C22H18ClN3O4S2.2C21H17ClN4O4S2/c1-14-2-4-15(5-3-14)19-11-21(28)26(25-19)17-7-6-16(24-12-17)10-18(27)13-32(29,30)22-9-8-20(23)31-22;1-13-2-4-14(5-3-13)17-11-20(28)26(25-17)19-8-6-15(23-24-19)10-16(27)12-32(29,30)21-9-7-18(22)31-21;1-13-2-4-14(5-3-13)17-9-20(28)26(25-17)19-11-23-15(10-24-19)8-16(27)12-32(29,30)21-7-6-18(22)31-21/h2-9,12H,10-11,13H2,1H3;2-9H,10-12H2,1H3;2-7,10-11H,8-9,12H2,1H3. The number of carbonyl (C=O) groups excluding carboxylic acids is 6. The van der Waals surface area contributed by atoms with E-state index in [0.717, 1.165) is 67.4 Å². The van der Waals surface area contributed by atoms with Crippen molar-refractivity contribution in [3.8, 4) is 0 Å². The fourth-order valence-electron chi connectivity index (χ4n) is 9.32. The minimum atomic E-state index is -3.76. The number of rotatable bonds is 21. The highest BCUT2D eigenvalue weighted by Crippen LogP contribution is 2.31. The molecule has 0 saturated carbocycles. The number of hydrogen-bond acceptors (Lipinski definition) is 23. The molecule has 3 aromatic carbocycles. The molecule has 3 aliphatic heterocycles. The van der Waals surface area contributed by atoms with E-state index < -0.39 is 64.1 Å². The van der Waals surface area contributed by atoms with E-state index >= 15 is 0 Å². The first kappa shape index (κ1) is 70.0. The Balaban J connectivity index is 0.000000157. The summed E-state index contributed by atoms with van der Waals surface area (Å²) in [5.74, 6) is -3.63. The van der Waals surface area contributed by atoms with Crippen LogP contribution in [0.25, 0.3) is 0 Å². The molecule has 3 amide bonds. The fourth-order valence-corrected chi connectivity index (χ4v) is 17.8. The Morgan fingerprint density at radius 1 is 0.396 bits per heavy atom. The summed E-state index contributed by atoms with van der Waals surface area (Å²) in [6.07, 6.45) is 4.10. The quantitative estimate of drug-likeness (QED) is 0.0645. The highest BCUT2D eigenvalue weighted by molar-refractivity contribution is 7.94. The summed E-state index contributed by atoms with van der Waals surface area (Å²) in [6, 6.07) is 38.1. The van der Waals surface area contributed by atoms with E-state index in [4.69, 9.17) is 34.8 Å². The van der Waals surface area contributed by atoms with Crippen LogP contribution >= 0.6 is 68.8 Å². The number of anilines is 3. The third-order valence-electron chi connectivity index (χ3n) is 14.1. The molecule has 0 fully saturated rings. The molecule has 0 saturated heterocycles. The Morgan fingerprint density at radius 2 is 0.760 bits per heavy atom. The summed E-state index contributed by atoms with van der Waals surface area (Å²) in [5, 5.41) is 24.7. The maximum absolute atomic E-state index is 12.4. The van der Waals surface area contributed by atoms with Gasteiger partial charge in [-0.1, -0.05) is 124 Å². The van der Waals surface area contributed by atoms with Crippen LogP contribution < -0.4 is 15.0 Å². The maximum atomic E-state index is 12.4. The van der Waals surface area contributed by atoms with Crippen molar-refractivity contribution in [2.24, 2.45) is 15.3 Å². The van der Waals surface area contributed by atoms with Crippen molar-refractivity contribution in [2.45, 2.75) is 71.9 Å². The summed E-state index contributed by atoms with van der Waals surface area (Å²) < 4.78 is 75.1. The number of nitrogens with zero attached hydrogens (tertiary/aromatic N) is 11. The van der Waals surface area contributed by atoms with Crippen molar-refractivity contribution in [3.63, 3.8) is 0 Å². The molecule has 0 N–H and O–H groups in total. The number of pyridine rings is 1. The van der Waals surface area contributed by atoms with Crippen LogP contribution in [-0.4, -0.2) is 120 Å². The first-order valence-corrected chi connectivity index (χ1v) is 37.2. The van der Waals surface area contributed by atoms with Crippen LogP contribution in [0.5, 0.6) is 0 Å². The number of aryl methyl sites for hydroxylation is 3. The van der Waals surface area contributed by atoms with Crippen LogP contribution in [0.2, 0.25) is 13.0 Å². The Morgan fingerprint density at radius 3 is 1.11 bits per heavy atom. The molecular weight excluding hydrogens is 1410 g/mol. The molecule has 3 aliphatic rings. The first-order valence-electron chi connectivity index (χ1n) is 28.6. The number of aromatic nitrogens is 5. The van der Waals surface area contributed by atoms with Gasteiger partial charge in [0.2, 0.25) is 0 Å². The SMILES string of the molecule is Cc1ccc(C2=NN(c3ccc(CC(=O)CS(=O)(=O)c4ccc(Cl)s4)nc3)C(=O)C2)cc1.Cc1ccc(C2=NN(c3ccc(CC(=O)CS(=O)(=O)c4ccc(Cl)s4)nn3)C(=O)C2)cc1.Cc1ccc(C2=NN(c3cnc(CC(=O)CS(=O)(=O)c4ccc(Cl)s4)cn3)C(=O)C2)cc1. The van der Waals surface area contributed by atoms with Crippen molar-refractivity contribution in [2.75, 3.05) is 32.3 Å². The van der Waals surface area contributed by atoms with Crippen molar-refractivity contribution in [1.29, 1.82) is 0 Å². The molecule has 23 nitrogen and oxygen atoms in total. The number of hydrazone groups is 3. The molecule has 0 unspecified atom stereocenters. The van der Waals surface area contributed by atoms with Gasteiger partial charge in [0.1, 0.15) is 29.9 Å². The Kier molecular flexibility index (Phi) is 22.0. The predicted molar refractivity (Wildman–Crippen MR) is 368 cm³/mol. The molecule has 6 aromatic heterocycles. The summed E-state index contributed by atoms with van der Waals surface area (Å²) in [7, 11) is -11.3. The lowest BCUT2D eigenvalue weighted by molar-refractivity contribution is -0.117. The van der Waals surface area contributed by atoms with E-state index in [1.165, 1.54) is 82.1 Å². The maximum Gasteiger partial charge on any atom is 0.255 e. The van der Waals surface area contributed by atoms with Crippen molar-refractivity contribution < 1.29 is 54.0 Å². The van der Waals surface area contributed by atoms with E-state index in [1.807, 2.05) is 93.6 Å². The number of sulfone groups is 3. The lowest BCUT2D eigenvalue weighted by atomic mass is 10.1. The third-order valence-corrected chi connectivity index (χ3v) is 24.6. The van der Waals surface area contributed by atoms with Gasteiger partial charge in [-0.05, 0) is 98.1 Å². The Hall–Kier alpha value is -8.78. The molecule has 0 aliphatic carbocycles. The summed E-state index contributed by atoms with van der Waals surface area (Å²) >= 11 is 20.1. The summed E-state index contributed by atoms with van der Waals surface area (Å²) in [6.45, 7) is 5.95. The average molecular weight is 1470 g/mol. The first-order chi connectivity index (χ1) is 45.6. The van der Waals surface area contributed by atoms with Crippen LogP contribution in [0, 0.1) is 20.8 Å². The molecular formula is C64H52Cl3N11O12S6. The van der Waals surface area contributed by atoms with Gasteiger partial charge in [-0.25, -0.2) is 30.2 Å². The number of hydrogen-bond donors (Lipinski definition) is 0. The highest BCUT2D eigenvalue weighted by Gasteiger charge is 2.31. The van der Waals surface area contributed by atoms with Gasteiger partial charge in [0, 0.05) is 12.1 Å². The molecule has 12 rings (SSSR count). The van der Waals surface area contributed by atoms with Gasteiger partial charge in [-0.15, -0.1) is 39.1 Å². The molecule has 32 heteroatoms. The summed E-state index contributed by atoms with van der Waals surface area (Å²) in [5.41, 5.74) is 9.37. The zero-order valence-electron chi connectivity index (χ0n) is 50.7. The third kappa shape index (κ3) is 18.0. The number of amides is 3. The minimum absolute atomic E-state index is 0.0482. The molecule has 9 aromatic rings. The Labute approximate surface area is 577 Å². The lowest BCUT2D eigenvalue weighted by Gasteiger charge is -2.11. The molecule has 96 heavy (non-hydrogen) atoms. The number of benzene rings is 3. The number of Topliss-reactive ketones (excluding diaryl/α,β-unsaturated/α-hetero) is 3. The molecule has 0 spiro atoms. The molecule has 0 radical (unpaired) electrons. The number of ketones is 3. The minimum Gasteiger partial charge on any atom is -0.298 e. The normalized spacial score (nSPS) is 14.0. The van der Waals surface area contributed by atoms with Crippen LogP contribution in [0.1, 0.15) is 69.7 Å². The van der Waals surface area contributed by atoms with Crippen LogP contribution in [0.15, 0.2) is 180 Å². The second-order valence-corrected chi connectivity index (χ2v) is 33.5. The molecule has 0 bridgehead atoms. The van der Waals surface area contributed by atoms with E-state index in [2.05, 4.69) is 40.5 Å². The second-order valence-electron chi connectivity index (χ2n) is 21.7. The number of halogens is 3. The molecule has 0 atom stereocenters. The average Bonchev–Trinajstić information content (AvgIpc) is 1.70. The Bertz CT molecular complexity index is 4440. The van der Waals surface area contributed by atoms with Gasteiger partial charge in [-0.2, -0.15) is 35.4 Å². The van der Waals surface area contributed by atoms with Crippen molar-refractivity contribution in [3.05, 3.63) is 216 Å². The monoisotopic (exact) mass is 1460 g/mol. The largest absolute Gasteiger partial charge is 0.298 e. The van der Waals surface area contributed by atoms with E-state index in [0.29, 0.717) is 52.9 Å². The number of carbonyl (C=O) groups is 6. The van der Waals surface area contributed by atoms with Crippen LogP contribution in [0.3, 0.4) is 0 Å². The van der Waals surface area contributed by atoms with E-state index in [9.17, 15) is 54.0 Å². The second kappa shape index (κ2) is 30.1. The van der Waals surface area contributed by atoms with Gasteiger partial charge in [0.05, 0.1) is 97.9 Å². The van der Waals surface area contributed by atoms with Gasteiger partial charge >= 0.3 is 0 Å². The predicted octanol–water partition coefficient (Wildman–Crippen LogP) is 10.3. The van der Waals surface area contributed by atoms with E-state index in [1.54, 1.807) is 12.1 Å². The van der Waals surface area contributed by atoms with Gasteiger partial charge in [-0.3, -0.25) is 38.7 Å². The zero-order valence-corrected chi connectivity index (χ0v) is 57.9. The lowest BCUT2D eigenvalue weighted by Crippen LogP contribution is -2.22. The van der Waals surface area contributed by atoms with Crippen LogP contribution in [0.4, 0.5) is 17.3 Å². The topological polar surface area (TPSA) is 316 Å². The van der Waals surface area contributed by atoms with Gasteiger partial charge in [0.15, 0.2) is 58.5 Å². The highest BCUT2D eigenvalue weighted by atomic mass is 35.5. The fraction of sp³-hybridized carbons (Fsp3) is 0.188. The molecule has 9 heterocycles. The van der Waals surface area contributed by atoms with Crippen molar-refractivity contribution in [1.82, 2.24) is 25.1 Å². The summed E-state index contributed by atoms with van der Waals surface area (Å²) in [4.78, 5) is 86.6. The number of thiophene rings is 3. The molecule has 492 valence electrons. The van der Waals surface area contributed by atoms with Crippen molar-refractivity contribution >= 4 is 168 Å². The van der Waals surface area contributed by atoms with E-state index in [-0.39, 0.29) is 80.5 Å².